The van der Waals surface area contributed by atoms with Crippen LogP contribution in [0.2, 0.25) is 0 Å². The average Bonchev–Trinajstić information content (AvgIpc) is 2.32. The normalized spacial score (nSPS) is 13.9. The molecule has 0 radical (unpaired) electrons. The van der Waals surface area contributed by atoms with Gasteiger partial charge in [0.25, 0.3) is 0 Å². The van der Waals surface area contributed by atoms with E-state index in [2.05, 4.69) is 23.0 Å². The quantitative estimate of drug-likeness (QED) is 0.479. The lowest BCUT2D eigenvalue weighted by molar-refractivity contribution is -0.00162. The summed E-state index contributed by atoms with van der Waals surface area (Å²) in [7, 11) is -1.89. The van der Waals surface area contributed by atoms with Gasteiger partial charge in [0.1, 0.15) is 0 Å². The molecule has 0 aromatic carbocycles. The number of rotatable bonds is 9. The highest BCUT2D eigenvalue weighted by molar-refractivity contribution is 7.58. The van der Waals surface area contributed by atoms with E-state index in [1.807, 2.05) is 0 Å². The fourth-order valence-electron chi connectivity index (χ4n) is 1.46. The maximum atomic E-state index is 14.3. The monoisotopic (exact) mass is 291 g/mol. The highest BCUT2D eigenvalue weighted by atomic mass is 31.2. The predicted octanol–water partition coefficient (Wildman–Crippen LogP) is 2.26. The minimum Gasteiger partial charge on any atom is -0.543 e. The van der Waals surface area contributed by atoms with Gasteiger partial charge in [0.15, 0.2) is 0 Å². The van der Waals surface area contributed by atoms with E-state index in [1.165, 1.54) is 13.8 Å². The Labute approximate surface area is 105 Å². The minimum absolute atomic E-state index is 0.212. The van der Waals surface area contributed by atoms with Gasteiger partial charge in [0.05, 0.1) is 13.2 Å². The first kappa shape index (κ1) is 18.0. The molecule has 0 aliphatic rings. The molecule has 6 nitrogen and oxygen atoms in total. The molecule has 0 aliphatic carbocycles. The average molecular weight is 291 g/mol. The fraction of sp³-hybridized carbons (Fsp3) is 1.00. The summed E-state index contributed by atoms with van der Waals surface area (Å²) in [4.78, 5) is 0. The molecule has 0 heterocycles. The second kappa shape index (κ2) is 6.93. The summed E-state index contributed by atoms with van der Waals surface area (Å²) in [6.45, 7) is -1.17. The van der Waals surface area contributed by atoms with Gasteiger partial charge in [-0.25, -0.2) is 8.78 Å². The Morgan fingerprint density at radius 3 is 1.56 bits per heavy atom. The molecule has 0 amide bonds. The molecule has 0 saturated carbocycles. The van der Waals surface area contributed by atoms with Crippen LogP contribution in [-0.4, -0.2) is 46.9 Å². The standard InChI is InChI=1S/C8H19BF2O6P/c1-6-16-18(12,17-7-2)8(10,11)9(13-3,14-4)15-5/h6-7H2,1-5H3/q-1. The van der Waals surface area contributed by atoms with Gasteiger partial charge in [-0.3, -0.25) is 4.57 Å². The van der Waals surface area contributed by atoms with Crippen LogP contribution in [0.15, 0.2) is 0 Å². The van der Waals surface area contributed by atoms with Crippen LogP contribution in [0.25, 0.3) is 0 Å². The predicted molar refractivity (Wildman–Crippen MR) is 62.6 cm³/mol. The first-order valence-corrected chi connectivity index (χ1v) is 6.90. The molecule has 110 valence electrons. The third kappa shape index (κ3) is 2.92. The summed E-state index contributed by atoms with van der Waals surface area (Å²) in [6.07, 6.45) is 0. The Bertz CT molecular complexity index is 281. The van der Waals surface area contributed by atoms with Crippen molar-refractivity contribution in [2.45, 2.75) is 19.4 Å². The van der Waals surface area contributed by atoms with Crippen molar-refractivity contribution >= 4 is 14.4 Å². The number of halogens is 2. The van der Waals surface area contributed by atoms with Crippen LogP contribution >= 0.6 is 7.60 Å². The Hall–Kier alpha value is -0.0451. The molecule has 0 spiro atoms. The van der Waals surface area contributed by atoms with Crippen LogP contribution < -0.4 is 0 Å². The van der Waals surface area contributed by atoms with Crippen molar-refractivity contribution in [1.82, 2.24) is 0 Å². The Kier molecular flexibility index (Phi) is 6.91. The molecule has 0 unspecified atom stereocenters. The Balaban J connectivity index is 5.59. The van der Waals surface area contributed by atoms with Crippen molar-refractivity contribution in [2.24, 2.45) is 0 Å². The van der Waals surface area contributed by atoms with Gasteiger partial charge in [-0.1, -0.05) is 0 Å². The summed E-state index contributed by atoms with van der Waals surface area (Å²) >= 11 is 0. The second-order valence-electron chi connectivity index (χ2n) is 3.27. The first-order chi connectivity index (χ1) is 8.30. The highest BCUT2D eigenvalue weighted by Crippen LogP contribution is 2.65. The maximum absolute atomic E-state index is 14.3. The van der Waals surface area contributed by atoms with Gasteiger partial charge in [-0.2, -0.15) is 0 Å². The van der Waals surface area contributed by atoms with Crippen LogP contribution in [-0.2, 0) is 27.6 Å². The van der Waals surface area contributed by atoms with E-state index in [0.717, 1.165) is 21.3 Å². The number of hydrogen-bond donors (Lipinski definition) is 0. The fourth-order valence-corrected chi connectivity index (χ4v) is 3.26. The Morgan fingerprint density at radius 2 is 1.33 bits per heavy atom. The van der Waals surface area contributed by atoms with E-state index in [0.29, 0.717) is 0 Å². The topological polar surface area (TPSA) is 63.2 Å². The van der Waals surface area contributed by atoms with Crippen molar-refractivity contribution in [1.29, 1.82) is 0 Å². The number of alkyl halides is 2. The maximum Gasteiger partial charge on any atom is 0.464 e. The van der Waals surface area contributed by atoms with E-state index in [1.54, 1.807) is 0 Å². The highest BCUT2D eigenvalue weighted by Gasteiger charge is 2.66. The minimum atomic E-state index is -4.77. The lowest BCUT2D eigenvalue weighted by atomic mass is 9.78. The zero-order chi connectivity index (χ0) is 14.4. The summed E-state index contributed by atoms with van der Waals surface area (Å²) in [5.74, 6) is 0. The zero-order valence-electron chi connectivity index (χ0n) is 11.1. The van der Waals surface area contributed by atoms with Crippen LogP contribution in [0.3, 0.4) is 0 Å². The second-order valence-corrected chi connectivity index (χ2v) is 5.38. The molecule has 0 bridgehead atoms. The molecule has 0 N–H and O–H groups in total. The smallest absolute Gasteiger partial charge is 0.464 e. The van der Waals surface area contributed by atoms with Gasteiger partial charge in [-0.05, 0) is 35.2 Å². The molecule has 0 aromatic heterocycles. The molecule has 0 saturated heterocycles. The van der Waals surface area contributed by atoms with E-state index in [-0.39, 0.29) is 13.2 Å². The molecule has 0 atom stereocenters. The van der Waals surface area contributed by atoms with Gasteiger partial charge in [0.2, 0.25) is 0 Å². The Morgan fingerprint density at radius 1 is 1.00 bits per heavy atom. The summed E-state index contributed by atoms with van der Waals surface area (Å²) in [6, 6.07) is 0. The lowest BCUT2D eigenvalue weighted by Gasteiger charge is -2.44. The third-order valence-electron chi connectivity index (χ3n) is 2.32. The largest absolute Gasteiger partial charge is 0.543 e. The molecule has 0 aliphatic heterocycles. The molecular formula is C8H19BF2O6P-. The molecule has 18 heavy (non-hydrogen) atoms. The number of hydrogen-bond acceptors (Lipinski definition) is 6. The van der Waals surface area contributed by atoms with Crippen molar-refractivity contribution in [2.75, 3.05) is 34.5 Å². The van der Waals surface area contributed by atoms with Crippen molar-refractivity contribution in [3.63, 3.8) is 0 Å². The molecule has 0 fully saturated rings. The van der Waals surface area contributed by atoms with E-state index in [4.69, 9.17) is 0 Å². The van der Waals surface area contributed by atoms with Crippen molar-refractivity contribution in [3.05, 3.63) is 0 Å². The van der Waals surface area contributed by atoms with Crippen LogP contribution in [0.4, 0.5) is 8.78 Å². The van der Waals surface area contributed by atoms with Crippen molar-refractivity contribution < 1.29 is 36.4 Å². The molecule has 10 heteroatoms. The molecule has 0 rings (SSSR count). The summed E-state index contributed by atoms with van der Waals surface area (Å²) < 4.78 is 63.7. The van der Waals surface area contributed by atoms with E-state index >= 15 is 0 Å². The van der Waals surface area contributed by atoms with E-state index in [9.17, 15) is 13.3 Å². The molecule has 0 aromatic rings. The third-order valence-corrected chi connectivity index (χ3v) is 4.56. The van der Waals surface area contributed by atoms with Crippen LogP contribution in [0.5, 0.6) is 0 Å². The summed E-state index contributed by atoms with van der Waals surface area (Å²) in [5.41, 5.74) is -4.07. The van der Waals surface area contributed by atoms with Crippen LogP contribution in [0, 0.1) is 0 Å². The zero-order valence-corrected chi connectivity index (χ0v) is 12.0. The van der Waals surface area contributed by atoms with Gasteiger partial charge >= 0.3 is 19.9 Å². The molecular weight excluding hydrogens is 272 g/mol. The van der Waals surface area contributed by atoms with E-state index < -0.39 is 19.9 Å². The van der Waals surface area contributed by atoms with Crippen molar-refractivity contribution in [3.8, 4) is 0 Å². The SMILES string of the molecule is CCOP(=O)(OCC)C(F)(F)[B-](OC)(OC)OC. The van der Waals surface area contributed by atoms with Crippen LogP contribution in [0.1, 0.15) is 13.8 Å². The lowest BCUT2D eigenvalue weighted by Crippen LogP contribution is -2.59. The van der Waals surface area contributed by atoms with Gasteiger partial charge in [0, 0.05) is 0 Å². The van der Waals surface area contributed by atoms with Gasteiger partial charge < -0.3 is 23.0 Å². The van der Waals surface area contributed by atoms with Gasteiger partial charge in [-0.15, -0.1) is 0 Å². The first-order valence-electron chi connectivity index (χ1n) is 5.36. The summed E-state index contributed by atoms with van der Waals surface area (Å²) in [5, 5.41) is 0.